The van der Waals surface area contributed by atoms with Gasteiger partial charge in [-0.1, -0.05) is 31.0 Å². The maximum absolute atomic E-state index is 9.99. The lowest BCUT2D eigenvalue weighted by molar-refractivity contribution is 0.199. The molecule has 0 amide bonds. The van der Waals surface area contributed by atoms with Crippen molar-refractivity contribution in [1.82, 2.24) is 4.98 Å². The molecule has 0 bridgehead atoms. The molecule has 1 saturated heterocycles. The zero-order chi connectivity index (χ0) is 25.6. The van der Waals surface area contributed by atoms with Crippen LogP contribution in [0.25, 0.3) is 11.1 Å². The molecule has 0 radical (unpaired) electrons. The summed E-state index contributed by atoms with van der Waals surface area (Å²) in [6, 6.07) is 23.1. The van der Waals surface area contributed by atoms with Crippen molar-refractivity contribution in [3.05, 3.63) is 78.0 Å². The van der Waals surface area contributed by atoms with Gasteiger partial charge < -0.3 is 15.3 Å². The molecule has 0 spiro atoms. The van der Waals surface area contributed by atoms with Gasteiger partial charge in [-0.3, -0.25) is 0 Å². The quantitative estimate of drug-likeness (QED) is 0.372. The molecule has 1 aliphatic heterocycles. The molecule has 2 aliphatic rings. The predicted molar refractivity (Wildman–Crippen MR) is 150 cm³/mol. The molecule has 2 fully saturated rings. The van der Waals surface area contributed by atoms with Crippen LogP contribution < -0.4 is 10.2 Å². The van der Waals surface area contributed by atoms with E-state index in [0.29, 0.717) is 17.9 Å². The molecule has 2 N–H and O–H groups in total. The largest absolute Gasteiger partial charge is 0.389 e. The average Bonchev–Trinajstić information content (AvgIpc) is 2.94. The summed E-state index contributed by atoms with van der Waals surface area (Å²) in [6.07, 6.45) is 10.2. The van der Waals surface area contributed by atoms with Gasteiger partial charge in [-0.2, -0.15) is 5.26 Å². The van der Waals surface area contributed by atoms with Crippen molar-refractivity contribution >= 4 is 11.5 Å². The number of aromatic nitrogens is 1. The van der Waals surface area contributed by atoms with E-state index in [1.807, 2.05) is 36.5 Å². The molecule has 4 atom stereocenters. The van der Waals surface area contributed by atoms with Crippen LogP contribution in [0.4, 0.5) is 11.5 Å². The van der Waals surface area contributed by atoms with Crippen molar-refractivity contribution in [1.29, 1.82) is 5.26 Å². The number of nitrogens with one attached hydrogen (secondary N) is 1. The summed E-state index contributed by atoms with van der Waals surface area (Å²) >= 11 is 0. The highest BCUT2D eigenvalue weighted by molar-refractivity contribution is 5.67. The zero-order valence-corrected chi connectivity index (χ0v) is 21.8. The molecular formula is C32H38N4O. The SMILES string of the molecule is CC(O)c1cccc(-c2ccnc(N[C@@H]3CCCC[C@H]3C[C@H]3CCCN(c4ccc(C#N)cc4)C3)c2)c1. The summed E-state index contributed by atoms with van der Waals surface area (Å²) in [5, 5.41) is 22.9. The third-order valence-corrected chi connectivity index (χ3v) is 8.22. The van der Waals surface area contributed by atoms with Gasteiger partial charge >= 0.3 is 0 Å². The molecule has 1 saturated carbocycles. The molecule has 2 aromatic carbocycles. The highest BCUT2D eigenvalue weighted by Gasteiger charge is 2.30. The molecule has 192 valence electrons. The Labute approximate surface area is 221 Å². The van der Waals surface area contributed by atoms with Crippen molar-refractivity contribution in [3.63, 3.8) is 0 Å². The first-order valence-electron chi connectivity index (χ1n) is 13.8. The zero-order valence-electron chi connectivity index (χ0n) is 21.8. The first-order valence-corrected chi connectivity index (χ1v) is 13.8. The Hall–Kier alpha value is -3.36. The topological polar surface area (TPSA) is 72.2 Å². The second-order valence-corrected chi connectivity index (χ2v) is 10.9. The summed E-state index contributed by atoms with van der Waals surface area (Å²) in [6.45, 7) is 4.00. The van der Waals surface area contributed by atoms with E-state index in [4.69, 9.17) is 5.26 Å². The average molecular weight is 495 g/mol. The first-order chi connectivity index (χ1) is 18.1. The van der Waals surface area contributed by atoms with Gasteiger partial charge in [0.2, 0.25) is 0 Å². The van der Waals surface area contributed by atoms with E-state index in [2.05, 4.69) is 51.6 Å². The Bertz CT molecular complexity index is 1220. The predicted octanol–water partition coefficient (Wildman–Crippen LogP) is 6.95. The number of hydrogen-bond acceptors (Lipinski definition) is 5. The Kier molecular flexibility index (Phi) is 8.06. The molecule has 1 aliphatic carbocycles. The number of aliphatic hydroxyl groups excluding tert-OH is 1. The number of piperidine rings is 1. The van der Waals surface area contributed by atoms with Crippen molar-refractivity contribution in [2.75, 3.05) is 23.3 Å². The number of nitrogens with zero attached hydrogens (tertiary/aromatic N) is 3. The van der Waals surface area contributed by atoms with Gasteiger partial charge in [-0.05, 0) is 110 Å². The van der Waals surface area contributed by atoms with Crippen LogP contribution in [0.1, 0.15) is 69.1 Å². The van der Waals surface area contributed by atoms with Gasteiger partial charge in [0.25, 0.3) is 0 Å². The fourth-order valence-corrected chi connectivity index (χ4v) is 6.20. The monoisotopic (exact) mass is 494 g/mol. The minimum Gasteiger partial charge on any atom is -0.389 e. The van der Waals surface area contributed by atoms with Gasteiger partial charge in [0.15, 0.2) is 0 Å². The maximum Gasteiger partial charge on any atom is 0.126 e. The minimum atomic E-state index is -0.477. The van der Waals surface area contributed by atoms with Crippen LogP contribution >= 0.6 is 0 Å². The lowest BCUT2D eigenvalue weighted by Crippen LogP contribution is -2.39. The Morgan fingerprint density at radius 2 is 1.84 bits per heavy atom. The van der Waals surface area contributed by atoms with E-state index >= 15 is 0 Å². The van der Waals surface area contributed by atoms with Crippen LogP contribution in [0.5, 0.6) is 0 Å². The molecule has 5 heteroatoms. The maximum atomic E-state index is 9.99. The lowest BCUT2D eigenvalue weighted by atomic mass is 9.77. The Morgan fingerprint density at radius 3 is 2.65 bits per heavy atom. The molecule has 1 unspecified atom stereocenters. The number of aliphatic hydroxyl groups is 1. The van der Waals surface area contributed by atoms with Crippen LogP contribution in [-0.4, -0.2) is 29.2 Å². The van der Waals surface area contributed by atoms with E-state index in [-0.39, 0.29) is 0 Å². The highest BCUT2D eigenvalue weighted by Crippen LogP contribution is 2.35. The van der Waals surface area contributed by atoms with Gasteiger partial charge in [-0.25, -0.2) is 4.98 Å². The van der Waals surface area contributed by atoms with Crippen LogP contribution in [0.2, 0.25) is 0 Å². The summed E-state index contributed by atoms with van der Waals surface area (Å²) in [7, 11) is 0. The van der Waals surface area contributed by atoms with Crippen molar-refractivity contribution < 1.29 is 5.11 Å². The van der Waals surface area contributed by atoms with E-state index < -0.39 is 6.10 Å². The van der Waals surface area contributed by atoms with Crippen molar-refractivity contribution in [2.45, 2.75) is 64.0 Å². The van der Waals surface area contributed by atoms with Crippen LogP contribution in [-0.2, 0) is 0 Å². The number of nitriles is 1. The second kappa shape index (κ2) is 11.8. The van der Waals surface area contributed by atoms with Gasteiger partial charge in [0.1, 0.15) is 5.82 Å². The van der Waals surface area contributed by atoms with Gasteiger partial charge in [0.05, 0.1) is 17.7 Å². The standard InChI is InChI=1S/C32H38N4O/c1-23(37)26-8-4-9-27(19-26)28-15-16-34-32(20-28)35-31-10-3-2-7-29(31)18-25-6-5-17-36(22-25)30-13-11-24(21-33)12-14-30/h4,8-9,11-16,19-20,23,25,29,31,37H,2-3,5-7,10,17-18,22H2,1H3,(H,34,35)/t23?,25-,29+,31-/m1/s1. The summed E-state index contributed by atoms with van der Waals surface area (Å²) < 4.78 is 0. The molecular weight excluding hydrogens is 456 g/mol. The molecule has 5 rings (SSSR count). The third kappa shape index (κ3) is 6.32. The fraction of sp³-hybridized carbons (Fsp3) is 0.438. The molecule has 37 heavy (non-hydrogen) atoms. The third-order valence-electron chi connectivity index (χ3n) is 8.22. The Balaban J connectivity index is 1.25. The summed E-state index contributed by atoms with van der Waals surface area (Å²) in [4.78, 5) is 7.18. The fourth-order valence-electron chi connectivity index (χ4n) is 6.20. The molecule has 5 nitrogen and oxygen atoms in total. The number of benzene rings is 2. The van der Waals surface area contributed by atoms with Crippen LogP contribution in [0, 0.1) is 23.2 Å². The number of rotatable bonds is 7. The normalized spacial score (nSPS) is 22.7. The minimum absolute atomic E-state index is 0.450. The number of hydrogen-bond donors (Lipinski definition) is 2. The first kappa shape index (κ1) is 25.3. The second-order valence-electron chi connectivity index (χ2n) is 10.9. The smallest absolute Gasteiger partial charge is 0.126 e. The van der Waals surface area contributed by atoms with Crippen LogP contribution in [0.3, 0.4) is 0 Å². The number of pyridine rings is 1. The highest BCUT2D eigenvalue weighted by atomic mass is 16.3. The summed E-state index contributed by atoms with van der Waals surface area (Å²) in [5.74, 6) is 2.29. The number of anilines is 2. The van der Waals surface area contributed by atoms with Crippen molar-refractivity contribution in [2.24, 2.45) is 11.8 Å². The van der Waals surface area contributed by atoms with Gasteiger partial charge in [0, 0.05) is 31.0 Å². The van der Waals surface area contributed by atoms with Gasteiger partial charge in [-0.15, -0.1) is 0 Å². The van der Waals surface area contributed by atoms with E-state index in [9.17, 15) is 5.11 Å². The van der Waals surface area contributed by atoms with E-state index in [0.717, 1.165) is 41.2 Å². The molecule has 1 aromatic heterocycles. The van der Waals surface area contributed by atoms with Crippen molar-refractivity contribution in [3.8, 4) is 17.2 Å². The lowest BCUT2D eigenvalue weighted by Gasteiger charge is -2.39. The molecule has 3 aromatic rings. The Morgan fingerprint density at radius 1 is 1.03 bits per heavy atom. The van der Waals surface area contributed by atoms with Crippen LogP contribution in [0.15, 0.2) is 66.9 Å². The van der Waals surface area contributed by atoms with E-state index in [1.165, 1.54) is 50.6 Å². The molecule has 2 heterocycles. The summed E-state index contributed by atoms with van der Waals surface area (Å²) in [5.41, 5.74) is 5.12. The van der Waals surface area contributed by atoms with E-state index in [1.54, 1.807) is 6.92 Å².